The molecule has 1 saturated carbocycles. The minimum atomic E-state index is 0.467. The Balaban J connectivity index is 1.73. The van der Waals surface area contributed by atoms with Gasteiger partial charge >= 0.3 is 0 Å². The first kappa shape index (κ1) is 11.7. The van der Waals surface area contributed by atoms with Crippen molar-refractivity contribution >= 4 is 22.6 Å². The molecule has 0 N–H and O–H groups in total. The normalized spacial score (nSPS) is 24.4. The van der Waals surface area contributed by atoms with Crippen molar-refractivity contribution in [1.82, 2.24) is 19.4 Å². The molecular formula is C14H17ClN4. The van der Waals surface area contributed by atoms with Crippen molar-refractivity contribution in [2.75, 3.05) is 13.1 Å². The average molecular weight is 277 g/mol. The third-order valence-electron chi connectivity index (χ3n) is 4.31. The van der Waals surface area contributed by atoms with Crippen molar-refractivity contribution in [2.45, 2.75) is 37.2 Å². The van der Waals surface area contributed by atoms with Gasteiger partial charge in [-0.1, -0.05) is 0 Å². The number of alkyl halides is 1. The zero-order valence-corrected chi connectivity index (χ0v) is 11.6. The monoisotopic (exact) mass is 276 g/mol. The molecule has 0 radical (unpaired) electrons. The summed E-state index contributed by atoms with van der Waals surface area (Å²) < 4.78 is 2.34. The number of hydrogen-bond donors (Lipinski definition) is 0. The van der Waals surface area contributed by atoms with Crippen molar-refractivity contribution in [3.05, 3.63) is 24.3 Å². The van der Waals surface area contributed by atoms with Crippen LogP contribution < -0.4 is 0 Å². The molecule has 2 fully saturated rings. The van der Waals surface area contributed by atoms with Gasteiger partial charge in [-0.2, -0.15) is 0 Å². The van der Waals surface area contributed by atoms with E-state index in [1.807, 2.05) is 12.4 Å². The molecule has 0 aromatic carbocycles. The van der Waals surface area contributed by atoms with Gasteiger partial charge < -0.3 is 4.57 Å². The first-order valence-corrected chi connectivity index (χ1v) is 7.51. The predicted octanol–water partition coefficient (Wildman–Crippen LogP) is 2.58. The van der Waals surface area contributed by atoms with E-state index < -0.39 is 0 Å². The Hall–Kier alpha value is -1.13. The van der Waals surface area contributed by atoms with Crippen molar-refractivity contribution in [1.29, 1.82) is 0 Å². The summed E-state index contributed by atoms with van der Waals surface area (Å²) in [7, 11) is 0. The van der Waals surface area contributed by atoms with Crippen molar-refractivity contribution in [3.63, 3.8) is 0 Å². The number of pyridine rings is 1. The third-order valence-corrected chi connectivity index (χ3v) is 4.55. The van der Waals surface area contributed by atoms with E-state index in [4.69, 9.17) is 11.6 Å². The van der Waals surface area contributed by atoms with Crippen LogP contribution in [0.5, 0.6) is 0 Å². The summed E-state index contributed by atoms with van der Waals surface area (Å²) in [5, 5.41) is 0. The van der Waals surface area contributed by atoms with Crippen molar-refractivity contribution < 1.29 is 0 Å². The average Bonchev–Trinajstić information content (AvgIpc) is 3.06. The van der Waals surface area contributed by atoms with Crippen LogP contribution in [0.4, 0.5) is 0 Å². The fourth-order valence-corrected chi connectivity index (χ4v) is 3.44. The second-order valence-electron chi connectivity index (χ2n) is 5.56. The van der Waals surface area contributed by atoms with Gasteiger partial charge in [0.25, 0.3) is 0 Å². The van der Waals surface area contributed by atoms with E-state index in [0.717, 1.165) is 23.9 Å². The number of fused-ring (bicyclic) bond motifs is 1. The van der Waals surface area contributed by atoms with Crippen LogP contribution in [0.1, 0.15) is 31.1 Å². The molecule has 4 rings (SSSR count). The Morgan fingerprint density at radius 2 is 2.16 bits per heavy atom. The van der Waals surface area contributed by atoms with Gasteiger partial charge in [0.2, 0.25) is 0 Å². The molecular weight excluding hydrogens is 260 g/mol. The number of imidazole rings is 1. The lowest BCUT2D eigenvalue weighted by molar-refractivity contribution is 0.314. The fourth-order valence-electron chi connectivity index (χ4n) is 3.25. The zero-order valence-electron chi connectivity index (χ0n) is 10.8. The Bertz CT molecular complexity index is 605. The molecule has 100 valence electrons. The highest BCUT2D eigenvalue weighted by Crippen LogP contribution is 2.35. The van der Waals surface area contributed by atoms with Gasteiger partial charge in [-0.05, 0) is 25.3 Å². The van der Waals surface area contributed by atoms with Crippen LogP contribution >= 0.6 is 11.6 Å². The summed E-state index contributed by atoms with van der Waals surface area (Å²) in [6, 6.07) is 3.42. The lowest BCUT2D eigenvalue weighted by Crippen LogP contribution is -2.24. The van der Waals surface area contributed by atoms with E-state index in [9.17, 15) is 0 Å². The van der Waals surface area contributed by atoms with Gasteiger partial charge in [0, 0.05) is 31.4 Å². The van der Waals surface area contributed by atoms with Gasteiger partial charge in [-0.15, -0.1) is 11.6 Å². The van der Waals surface area contributed by atoms with Crippen molar-refractivity contribution in [3.8, 4) is 0 Å². The second kappa shape index (κ2) is 4.46. The van der Waals surface area contributed by atoms with Crippen LogP contribution in [0.25, 0.3) is 11.0 Å². The number of likely N-dealkylation sites (tertiary alicyclic amines) is 1. The maximum atomic E-state index is 6.08. The lowest BCUT2D eigenvalue weighted by atomic mass is 10.2. The third kappa shape index (κ3) is 1.94. The molecule has 4 nitrogen and oxygen atoms in total. The number of aromatic nitrogens is 3. The van der Waals surface area contributed by atoms with E-state index in [1.165, 1.54) is 31.3 Å². The Morgan fingerprint density at radius 1 is 1.26 bits per heavy atom. The molecule has 0 amide bonds. The highest BCUT2D eigenvalue weighted by Gasteiger charge is 2.35. The molecule has 1 saturated heterocycles. The molecule has 1 unspecified atom stereocenters. The smallest absolute Gasteiger partial charge is 0.125 e. The molecule has 1 aliphatic carbocycles. The zero-order chi connectivity index (χ0) is 12.8. The summed E-state index contributed by atoms with van der Waals surface area (Å²) in [4.78, 5) is 11.4. The molecule has 1 atom stereocenters. The SMILES string of the molecule is ClCc1nc2cnccc2n1C1CCN(C2CC2)C1. The summed E-state index contributed by atoms with van der Waals surface area (Å²) in [5.41, 5.74) is 2.14. The molecule has 2 aromatic heterocycles. The Kier molecular flexibility index (Phi) is 2.74. The minimum absolute atomic E-state index is 0.467. The number of hydrogen-bond acceptors (Lipinski definition) is 3. The predicted molar refractivity (Wildman–Crippen MR) is 75.3 cm³/mol. The highest BCUT2D eigenvalue weighted by molar-refractivity contribution is 6.16. The Morgan fingerprint density at radius 3 is 2.95 bits per heavy atom. The van der Waals surface area contributed by atoms with Gasteiger partial charge in [0.1, 0.15) is 11.3 Å². The van der Waals surface area contributed by atoms with E-state index in [2.05, 4.69) is 25.5 Å². The summed E-state index contributed by atoms with van der Waals surface area (Å²) in [6.45, 7) is 2.35. The van der Waals surface area contributed by atoms with Gasteiger partial charge in [-0.25, -0.2) is 4.98 Å². The van der Waals surface area contributed by atoms with Crippen LogP contribution in [0.15, 0.2) is 18.5 Å². The van der Waals surface area contributed by atoms with Gasteiger partial charge in [0.15, 0.2) is 0 Å². The number of nitrogens with zero attached hydrogens (tertiary/aromatic N) is 4. The summed E-state index contributed by atoms with van der Waals surface area (Å²) in [5.74, 6) is 1.45. The summed E-state index contributed by atoms with van der Waals surface area (Å²) >= 11 is 6.08. The molecule has 3 heterocycles. The first-order valence-electron chi connectivity index (χ1n) is 6.97. The van der Waals surface area contributed by atoms with Crippen LogP contribution in [0, 0.1) is 0 Å². The van der Waals surface area contributed by atoms with E-state index in [-0.39, 0.29) is 0 Å². The standard InChI is InChI=1S/C14H17ClN4/c15-7-14-17-12-8-16-5-3-13(12)19(14)11-4-6-18(9-11)10-1-2-10/h3,5,8,10-11H,1-2,4,6-7,9H2. The molecule has 5 heteroatoms. The van der Waals surface area contributed by atoms with Crippen LogP contribution in [-0.4, -0.2) is 38.6 Å². The molecule has 2 aliphatic rings. The lowest BCUT2D eigenvalue weighted by Gasteiger charge is -2.18. The van der Waals surface area contributed by atoms with Crippen LogP contribution in [-0.2, 0) is 5.88 Å². The topological polar surface area (TPSA) is 34.0 Å². The molecule has 0 bridgehead atoms. The maximum Gasteiger partial charge on any atom is 0.125 e. The Labute approximate surface area is 117 Å². The van der Waals surface area contributed by atoms with E-state index in [1.54, 1.807) is 0 Å². The minimum Gasteiger partial charge on any atom is -0.322 e. The van der Waals surface area contributed by atoms with Crippen LogP contribution in [0.3, 0.4) is 0 Å². The first-order chi connectivity index (χ1) is 9.36. The fraction of sp³-hybridized carbons (Fsp3) is 0.571. The number of halogens is 1. The second-order valence-corrected chi connectivity index (χ2v) is 5.83. The molecule has 1 aliphatic heterocycles. The quantitative estimate of drug-likeness (QED) is 0.808. The summed E-state index contributed by atoms with van der Waals surface area (Å²) in [6.07, 6.45) is 7.63. The van der Waals surface area contributed by atoms with Gasteiger partial charge in [-0.3, -0.25) is 9.88 Å². The molecule has 19 heavy (non-hydrogen) atoms. The van der Waals surface area contributed by atoms with E-state index >= 15 is 0 Å². The molecule has 0 spiro atoms. The van der Waals surface area contributed by atoms with Gasteiger partial charge in [0.05, 0.1) is 17.6 Å². The largest absolute Gasteiger partial charge is 0.322 e. The van der Waals surface area contributed by atoms with Crippen molar-refractivity contribution in [2.24, 2.45) is 0 Å². The highest BCUT2D eigenvalue weighted by atomic mass is 35.5. The van der Waals surface area contributed by atoms with Crippen LogP contribution in [0.2, 0.25) is 0 Å². The molecule has 2 aromatic rings. The maximum absolute atomic E-state index is 6.08. The number of rotatable bonds is 3. The van der Waals surface area contributed by atoms with E-state index in [0.29, 0.717) is 11.9 Å².